The first kappa shape index (κ1) is 35.6. The number of aromatic nitrogens is 2. The fraction of sp³-hybridized carbons (Fsp3) is 0.167. The molecule has 4 heterocycles. The maximum absolute atomic E-state index is 10.8. The van der Waals surface area contributed by atoms with E-state index in [0.717, 1.165) is 68.6 Å². The number of nitrogens with zero attached hydrogens (tertiary/aromatic N) is 2. The second kappa shape index (κ2) is 16.7. The summed E-state index contributed by atoms with van der Waals surface area (Å²) in [6.07, 6.45) is 0.813. The molecule has 54 heavy (non-hydrogen) atoms. The Bertz CT molecular complexity index is 2230. The number of ether oxygens (including phenoxy) is 6. The quantitative estimate of drug-likeness (QED) is 0.118. The van der Waals surface area contributed by atoms with Gasteiger partial charge in [-0.15, -0.1) is 0 Å². The van der Waals surface area contributed by atoms with E-state index in [2.05, 4.69) is 20.6 Å². The molecule has 3 N–H and O–H groups in total. The van der Waals surface area contributed by atoms with Gasteiger partial charge >= 0.3 is 0 Å². The predicted octanol–water partition coefficient (Wildman–Crippen LogP) is 7.85. The van der Waals surface area contributed by atoms with Crippen LogP contribution in [-0.2, 0) is 6.61 Å². The fourth-order valence-electron chi connectivity index (χ4n) is 5.88. The first-order chi connectivity index (χ1) is 26.6. The van der Waals surface area contributed by atoms with E-state index in [1.54, 1.807) is 26.4 Å². The molecule has 12 nitrogen and oxygen atoms in total. The van der Waals surface area contributed by atoms with E-state index in [1.165, 1.54) is 0 Å². The monoisotopic (exact) mass is 726 g/mol. The van der Waals surface area contributed by atoms with Gasteiger partial charge in [0.05, 0.1) is 32.2 Å². The third-order valence-corrected chi connectivity index (χ3v) is 8.53. The minimum absolute atomic E-state index is 0.0209. The van der Waals surface area contributed by atoms with E-state index in [4.69, 9.17) is 33.5 Å². The molecule has 0 spiro atoms. The maximum atomic E-state index is 10.8. The van der Waals surface area contributed by atoms with Crippen molar-refractivity contribution in [2.45, 2.75) is 6.61 Å². The Morgan fingerprint density at radius 1 is 0.611 bits per heavy atom. The van der Waals surface area contributed by atoms with Crippen LogP contribution in [0.25, 0.3) is 22.5 Å². The summed E-state index contributed by atoms with van der Waals surface area (Å²) in [5.41, 5.74) is 7.87. The summed E-state index contributed by atoms with van der Waals surface area (Å²) in [6, 6.07) is 33.8. The highest BCUT2D eigenvalue weighted by Gasteiger charge is 2.20. The minimum atomic E-state index is 0.0209. The standard InChI is InChI=1S/C21H20N2O4.C21H18N2O4/c2*1-25-21-18(22-15-7-5-14(13-24)6-8-15)10-9-17(23-21)16-3-2-4-19-20(16)27-12-11-26-19/h2-10,22,24H,11-13H2,1H3;2-10,13,22H,11-12H2,1H3. The Morgan fingerprint density at radius 3 is 1.52 bits per heavy atom. The van der Waals surface area contributed by atoms with Gasteiger partial charge in [0.1, 0.15) is 44.1 Å². The van der Waals surface area contributed by atoms with Gasteiger partial charge < -0.3 is 44.2 Å². The highest BCUT2D eigenvalue weighted by Crippen LogP contribution is 2.42. The number of nitrogens with one attached hydrogen (secondary N) is 2. The van der Waals surface area contributed by atoms with Crippen molar-refractivity contribution in [3.05, 3.63) is 120 Å². The SMILES string of the molecule is COc1nc(-c2cccc3c2OCCO3)ccc1Nc1ccc(C=O)cc1.COc1nc(-c2cccc3c2OCCO3)ccc1Nc1ccc(CO)cc1. The number of carbonyl (C=O) groups excluding carboxylic acids is 1. The van der Waals surface area contributed by atoms with Gasteiger partial charge in [-0.3, -0.25) is 4.79 Å². The lowest BCUT2D eigenvalue weighted by molar-refractivity contribution is 0.112. The molecule has 2 aliphatic rings. The van der Waals surface area contributed by atoms with Crippen LogP contribution in [0.15, 0.2) is 109 Å². The van der Waals surface area contributed by atoms with Crippen LogP contribution in [0.3, 0.4) is 0 Å². The van der Waals surface area contributed by atoms with Gasteiger partial charge in [-0.25, -0.2) is 9.97 Å². The molecule has 2 aliphatic heterocycles. The summed E-state index contributed by atoms with van der Waals surface area (Å²) >= 11 is 0. The van der Waals surface area contributed by atoms with E-state index >= 15 is 0 Å². The van der Waals surface area contributed by atoms with Crippen LogP contribution in [0.1, 0.15) is 15.9 Å². The van der Waals surface area contributed by atoms with E-state index in [9.17, 15) is 4.79 Å². The molecule has 0 amide bonds. The van der Waals surface area contributed by atoms with Crippen LogP contribution >= 0.6 is 0 Å². The van der Waals surface area contributed by atoms with E-state index < -0.39 is 0 Å². The summed E-state index contributed by atoms with van der Waals surface area (Å²) in [4.78, 5) is 20.0. The molecule has 0 fully saturated rings. The van der Waals surface area contributed by atoms with E-state index in [0.29, 0.717) is 55.2 Å². The molecule has 0 bridgehead atoms. The predicted molar refractivity (Wildman–Crippen MR) is 205 cm³/mol. The molecular weight excluding hydrogens is 688 g/mol. The second-order valence-corrected chi connectivity index (χ2v) is 12.0. The van der Waals surface area contributed by atoms with Crippen LogP contribution in [0.2, 0.25) is 0 Å². The van der Waals surface area contributed by atoms with Gasteiger partial charge in [0.2, 0.25) is 11.8 Å². The van der Waals surface area contributed by atoms with Crippen molar-refractivity contribution in [2.24, 2.45) is 0 Å². The Morgan fingerprint density at radius 2 is 1.07 bits per heavy atom. The average Bonchev–Trinajstić information content (AvgIpc) is 3.24. The molecule has 4 aromatic carbocycles. The van der Waals surface area contributed by atoms with Crippen molar-refractivity contribution < 1.29 is 38.3 Å². The average molecular weight is 727 g/mol. The topological polar surface area (TPSA) is 143 Å². The lowest BCUT2D eigenvalue weighted by atomic mass is 10.1. The summed E-state index contributed by atoms with van der Waals surface area (Å²) in [7, 11) is 3.17. The number of methoxy groups -OCH3 is 2. The number of rotatable bonds is 10. The lowest BCUT2D eigenvalue weighted by Crippen LogP contribution is -2.16. The number of aliphatic hydroxyl groups excluding tert-OH is 1. The number of aldehydes is 1. The minimum Gasteiger partial charge on any atom is -0.486 e. The number of hydrogen-bond acceptors (Lipinski definition) is 12. The normalized spacial score (nSPS) is 12.4. The van der Waals surface area contributed by atoms with E-state index in [1.807, 2.05) is 97.1 Å². The Labute approximate surface area is 312 Å². The van der Waals surface area contributed by atoms with Gasteiger partial charge in [0.25, 0.3) is 0 Å². The zero-order valence-corrected chi connectivity index (χ0v) is 29.7. The number of fused-ring (bicyclic) bond motifs is 2. The van der Waals surface area contributed by atoms with Gasteiger partial charge in [-0.2, -0.15) is 0 Å². The van der Waals surface area contributed by atoms with Crippen LogP contribution in [0.5, 0.6) is 34.8 Å². The number of aliphatic hydroxyl groups is 1. The lowest BCUT2D eigenvalue weighted by Gasteiger charge is -2.21. The third-order valence-electron chi connectivity index (χ3n) is 8.53. The number of anilines is 4. The van der Waals surface area contributed by atoms with Crippen molar-refractivity contribution in [1.82, 2.24) is 9.97 Å². The molecule has 2 aromatic heterocycles. The first-order valence-corrected chi connectivity index (χ1v) is 17.2. The van der Waals surface area contributed by atoms with Crippen molar-refractivity contribution in [3.8, 4) is 57.3 Å². The molecule has 12 heteroatoms. The van der Waals surface area contributed by atoms with E-state index in [-0.39, 0.29) is 6.61 Å². The van der Waals surface area contributed by atoms with Crippen molar-refractivity contribution >= 4 is 29.0 Å². The number of para-hydroxylation sites is 2. The van der Waals surface area contributed by atoms with Crippen LogP contribution in [-0.4, -0.2) is 62.0 Å². The molecule has 0 aliphatic carbocycles. The van der Waals surface area contributed by atoms with Crippen molar-refractivity contribution in [3.63, 3.8) is 0 Å². The Kier molecular flexibility index (Phi) is 11.0. The van der Waals surface area contributed by atoms with Gasteiger partial charge in [-0.1, -0.05) is 24.3 Å². The van der Waals surface area contributed by atoms with Crippen LogP contribution in [0.4, 0.5) is 22.7 Å². The Balaban J connectivity index is 0.000000167. The van der Waals surface area contributed by atoms with Crippen LogP contribution < -0.4 is 39.1 Å². The molecule has 274 valence electrons. The Hall–Kier alpha value is -6.79. The molecule has 0 saturated carbocycles. The molecule has 0 unspecified atom stereocenters. The first-order valence-electron chi connectivity index (χ1n) is 17.2. The summed E-state index contributed by atoms with van der Waals surface area (Å²) in [5, 5.41) is 15.7. The largest absolute Gasteiger partial charge is 0.486 e. The highest BCUT2D eigenvalue weighted by molar-refractivity contribution is 5.78. The molecule has 0 saturated heterocycles. The summed E-state index contributed by atoms with van der Waals surface area (Å²) in [5.74, 6) is 3.79. The smallest absolute Gasteiger partial charge is 0.238 e. The molecule has 6 aromatic rings. The van der Waals surface area contributed by atoms with Gasteiger partial charge in [0.15, 0.2) is 23.0 Å². The number of hydrogen-bond donors (Lipinski definition) is 3. The number of pyridine rings is 2. The fourth-order valence-corrected chi connectivity index (χ4v) is 5.88. The highest BCUT2D eigenvalue weighted by atomic mass is 16.6. The van der Waals surface area contributed by atoms with Gasteiger partial charge in [-0.05, 0) is 90.5 Å². The summed E-state index contributed by atoms with van der Waals surface area (Å²) in [6.45, 7) is 2.14. The molecule has 0 atom stereocenters. The molecule has 8 rings (SSSR count). The number of carbonyl (C=O) groups is 1. The molecule has 0 radical (unpaired) electrons. The molecular formula is C42H38N4O8. The summed E-state index contributed by atoms with van der Waals surface area (Å²) < 4.78 is 33.8. The van der Waals surface area contributed by atoms with Crippen molar-refractivity contribution in [1.29, 1.82) is 0 Å². The zero-order chi connectivity index (χ0) is 37.3. The zero-order valence-electron chi connectivity index (χ0n) is 29.7. The van der Waals surface area contributed by atoms with Crippen LogP contribution in [0, 0.1) is 0 Å². The van der Waals surface area contributed by atoms with Gasteiger partial charge in [0, 0.05) is 28.1 Å². The second-order valence-electron chi connectivity index (χ2n) is 12.0. The third kappa shape index (κ3) is 7.98. The number of benzene rings is 4. The maximum Gasteiger partial charge on any atom is 0.238 e. The van der Waals surface area contributed by atoms with Crippen molar-refractivity contribution in [2.75, 3.05) is 51.3 Å².